The molecule has 1 aromatic carbocycles. The van der Waals surface area contributed by atoms with E-state index in [1.807, 2.05) is 0 Å². The number of nitrogens with zero attached hydrogens (tertiary/aromatic N) is 2. The van der Waals surface area contributed by atoms with Crippen LogP contribution in [0.1, 0.15) is 20.7 Å². The van der Waals surface area contributed by atoms with E-state index < -0.39 is 17.0 Å². The first-order valence-corrected chi connectivity index (χ1v) is 5.64. The molecule has 106 valence electrons. The number of benzene rings is 1. The maximum Gasteiger partial charge on any atom is 0.337 e. The standard InChI is InChI=1S/C13H8N2O6/c16-12(17)9-6-10(13(18)21-15(19)20)11(14-7-9)8-4-2-1-3-5-8/h1-7H,(H,16,17). The molecular formula is C13H8N2O6. The Morgan fingerprint density at radius 3 is 2.48 bits per heavy atom. The Labute approximate surface area is 117 Å². The highest BCUT2D eigenvalue weighted by molar-refractivity contribution is 5.98. The van der Waals surface area contributed by atoms with Crippen molar-refractivity contribution >= 4 is 11.9 Å². The molecule has 2 aromatic rings. The van der Waals surface area contributed by atoms with Crippen molar-refractivity contribution < 1.29 is 24.6 Å². The molecule has 0 aliphatic carbocycles. The molecule has 0 unspecified atom stereocenters. The molecule has 0 aliphatic rings. The van der Waals surface area contributed by atoms with E-state index in [0.717, 1.165) is 12.3 Å². The van der Waals surface area contributed by atoms with Crippen molar-refractivity contribution in [2.45, 2.75) is 0 Å². The van der Waals surface area contributed by atoms with Gasteiger partial charge in [-0.15, -0.1) is 10.1 Å². The summed E-state index contributed by atoms with van der Waals surface area (Å²) >= 11 is 0. The second-order valence-electron chi connectivity index (χ2n) is 3.89. The molecule has 0 saturated carbocycles. The number of rotatable bonds is 4. The molecule has 0 spiro atoms. The summed E-state index contributed by atoms with van der Waals surface area (Å²) in [5, 5.41) is 17.9. The molecule has 1 aromatic heterocycles. The van der Waals surface area contributed by atoms with Crippen LogP contribution in [0, 0.1) is 10.1 Å². The lowest BCUT2D eigenvalue weighted by Gasteiger charge is -2.07. The predicted octanol–water partition coefficient (Wildman–Crippen LogP) is 1.80. The number of carbonyl (C=O) groups excluding carboxylic acids is 1. The molecule has 0 radical (unpaired) electrons. The molecule has 0 amide bonds. The van der Waals surface area contributed by atoms with E-state index in [4.69, 9.17) is 5.11 Å². The average molecular weight is 288 g/mol. The topological polar surface area (TPSA) is 120 Å². The molecule has 1 N–H and O–H groups in total. The highest BCUT2D eigenvalue weighted by atomic mass is 17.0. The third kappa shape index (κ3) is 3.18. The van der Waals surface area contributed by atoms with E-state index in [9.17, 15) is 19.7 Å². The van der Waals surface area contributed by atoms with Crippen LogP contribution in [0.15, 0.2) is 42.6 Å². The summed E-state index contributed by atoms with van der Waals surface area (Å²) in [6, 6.07) is 9.36. The van der Waals surface area contributed by atoms with E-state index in [2.05, 4.69) is 9.82 Å². The molecule has 2 rings (SSSR count). The number of pyridine rings is 1. The quantitative estimate of drug-likeness (QED) is 0.672. The first-order chi connectivity index (χ1) is 9.99. The highest BCUT2D eigenvalue weighted by Crippen LogP contribution is 2.23. The largest absolute Gasteiger partial charge is 0.478 e. The van der Waals surface area contributed by atoms with Crippen LogP contribution in [0.25, 0.3) is 11.3 Å². The molecule has 21 heavy (non-hydrogen) atoms. The van der Waals surface area contributed by atoms with Crippen molar-refractivity contribution in [2.75, 3.05) is 0 Å². The molecule has 8 heteroatoms. The monoisotopic (exact) mass is 288 g/mol. The van der Waals surface area contributed by atoms with Crippen molar-refractivity contribution in [1.82, 2.24) is 4.98 Å². The minimum Gasteiger partial charge on any atom is -0.478 e. The van der Waals surface area contributed by atoms with E-state index >= 15 is 0 Å². The fraction of sp³-hybridized carbons (Fsp3) is 0. The third-order valence-corrected chi connectivity index (χ3v) is 2.56. The van der Waals surface area contributed by atoms with Gasteiger partial charge in [-0.05, 0) is 6.07 Å². The lowest BCUT2D eigenvalue weighted by molar-refractivity contribution is -0.727. The number of carboxylic acids is 1. The molecule has 0 aliphatic heterocycles. The van der Waals surface area contributed by atoms with Crippen molar-refractivity contribution in [3.8, 4) is 11.3 Å². The van der Waals surface area contributed by atoms with Crippen LogP contribution < -0.4 is 0 Å². The maximum atomic E-state index is 11.7. The zero-order chi connectivity index (χ0) is 15.4. The number of carboxylic acid groups (broad SMARTS) is 1. The van der Waals surface area contributed by atoms with Gasteiger partial charge < -0.3 is 5.11 Å². The van der Waals surface area contributed by atoms with E-state index in [1.54, 1.807) is 30.3 Å². The van der Waals surface area contributed by atoms with Crippen LogP contribution >= 0.6 is 0 Å². The molecule has 0 bridgehead atoms. The Hall–Kier alpha value is -3.29. The fourth-order valence-electron chi connectivity index (χ4n) is 1.68. The normalized spacial score (nSPS) is 9.90. The predicted molar refractivity (Wildman–Crippen MR) is 69.0 cm³/mol. The Morgan fingerprint density at radius 1 is 1.24 bits per heavy atom. The van der Waals surface area contributed by atoms with Crippen molar-refractivity contribution in [3.63, 3.8) is 0 Å². The van der Waals surface area contributed by atoms with E-state index in [0.29, 0.717) is 5.56 Å². The Morgan fingerprint density at radius 2 is 1.90 bits per heavy atom. The second kappa shape index (κ2) is 5.78. The van der Waals surface area contributed by atoms with Crippen molar-refractivity contribution in [3.05, 3.63) is 63.8 Å². The number of aromatic carboxylic acids is 1. The van der Waals surface area contributed by atoms with Gasteiger partial charge in [-0.3, -0.25) is 9.78 Å². The number of hydrogen-bond donors (Lipinski definition) is 1. The molecule has 8 nitrogen and oxygen atoms in total. The van der Waals surface area contributed by atoms with Gasteiger partial charge in [0.25, 0.3) is 0 Å². The Balaban J connectivity index is 2.57. The van der Waals surface area contributed by atoms with Gasteiger partial charge in [-0.25, -0.2) is 9.63 Å². The van der Waals surface area contributed by atoms with Crippen LogP contribution in [0.3, 0.4) is 0 Å². The fourth-order valence-corrected chi connectivity index (χ4v) is 1.68. The maximum absolute atomic E-state index is 11.7. The zero-order valence-electron chi connectivity index (χ0n) is 10.4. The summed E-state index contributed by atoms with van der Waals surface area (Å²) in [6.07, 6.45) is 1.06. The van der Waals surface area contributed by atoms with Crippen LogP contribution in [0.4, 0.5) is 0 Å². The first kappa shape index (κ1) is 14.1. The SMILES string of the molecule is O=C(O)c1cnc(-c2ccccc2)c(C(=O)O[N+](=O)[O-])c1. The number of aromatic nitrogens is 1. The van der Waals surface area contributed by atoms with E-state index in [-0.39, 0.29) is 16.8 Å². The van der Waals surface area contributed by atoms with Gasteiger partial charge in [0.05, 0.1) is 16.8 Å². The highest BCUT2D eigenvalue weighted by Gasteiger charge is 2.20. The lowest BCUT2D eigenvalue weighted by Crippen LogP contribution is -2.13. The van der Waals surface area contributed by atoms with Crippen LogP contribution in [0.2, 0.25) is 0 Å². The van der Waals surface area contributed by atoms with Gasteiger partial charge in [0.1, 0.15) is 0 Å². The van der Waals surface area contributed by atoms with Gasteiger partial charge in [0.15, 0.2) is 0 Å². The zero-order valence-corrected chi connectivity index (χ0v) is 10.4. The minimum absolute atomic E-state index is 0.104. The Bertz CT molecular complexity index is 714. The smallest absolute Gasteiger partial charge is 0.337 e. The van der Waals surface area contributed by atoms with Gasteiger partial charge in [-0.1, -0.05) is 30.3 Å². The lowest BCUT2D eigenvalue weighted by atomic mass is 10.0. The molecule has 0 atom stereocenters. The molecule has 0 saturated heterocycles. The Kier molecular flexibility index (Phi) is 3.89. The number of hydrogen-bond acceptors (Lipinski definition) is 6. The summed E-state index contributed by atoms with van der Waals surface area (Å²) in [5.74, 6) is -2.59. The van der Waals surface area contributed by atoms with Crippen molar-refractivity contribution in [2.24, 2.45) is 0 Å². The van der Waals surface area contributed by atoms with Crippen molar-refractivity contribution in [1.29, 1.82) is 0 Å². The molecule has 1 heterocycles. The second-order valence-corrected chi connectivity index (χ2v) is 3.89. The van der Waals surface area contributed by atoms with Crippen LogP contribution in [0.5, 0.6) is 0 Å². The molecule has 0 fully saturated rings. The van der Waals surface area contributed by atoms with Gasteiger partial charge in [0, 0.05) is 11.8 Å². The minimum atomic E-state index is -1.31. The van der Waals surface area contributed by atoms with Crippen LogP contribution in [-0.4, -0.2) is 27.1 Å². The first-order valence-electron chi connectivity index (χ1n) is 5.64. The summed E-state index contributed by atoms with van der Waals surface area (Å²) in [4.78, 5) is 40.7. The average Bonchev–Trinajstić information content (AvgIpc) is 2.46. The summed E-state index contributed by atoms with van der Waals surface area (Å²) in [7, 11) is 0. The van der Waals surface area contributed by atoms with E-state index in [1.165, 1.54) is 0 Å². The van der Waals surface area contributed by atoms with Crippen LogP contribution in [-0.2, 0) is 4.84 Å². The molecular weight excluding hydrogens is 280 g/mol. The van der Waals surface area contributed by atoms with Gasteiger partial charge >= 0.3 is 17.0 Å². The van der Waals surface area contributed by atoms with Gasteiger partial charge in [-0.2, -0.15) is 0 Å². The summed E-state index contributed by atoms with van der Waals surface area (Å²) < 4.78 is 0. The summed E-state index contributed by atoms with van der Waals surface area (Å²) in [5.41, 5.74) is 0.0416. The third-order valence-electron chi connectivity index (χ3n) is 2.56. The number of carbonyl (C=O) groups is 2. The van der Waals surface area contributed by atoms with Gasteiger partial charge in [0.2, 0.25) is 0 Å². The summed E-state index contributed by atoms with van der Waals surface area (Å²) in [6.45, 7) is 0.